The maximum Gasteiger partial charge on any atom is 0.306 e. The molecule has 0 rings (SSSR count). The molecule has 6 heteroatoms. The van der Waals surface area contributed by atoms with E-state index in [9.17, 15) is 4.79 Å². The molecule has 0 unspecified atom stereocenters. The second kappa shape index (κ2) is 13.4. The lowest BCUT2D eigenvalue weighted by atomic mass is 10.4. The van der Waals surface area contributed by atoms with Crippen molar-refractivity contribution in [2.75, 3.05) is 60.3 Å². The van der Waals surface area contributed by atoms with Gasteiger partial charge < -0.3 is 24.3 Å². The molecule has 0 saturated heterocycles. The molecule has 0 bridgehead atoms. The Morgan fingerprint density at radius 1 is 0.941 bits per heavy atom. The molecule has 0 spiro atoms. The van der Waals surface area contributed by atoms with Crippen LogP contribution in [0.5, 0.6) is 0 Å². The van der Waals surface area contributed by atoms with E-state index in [4.69, 9.17) is 14.2 Å². The van der Waals surface area contributed by atoms with E-state index in [1.807, 2.05) is 0 Å². The molecule has 6 nitrogen and oxygen atoms in total. The van der Waals surface area contributed by atoms with E-state index in [0.717, 1.165) is 6.54 Å². The molecule has 0 aliphatic carbocycles. The summed E-state index contributed by atoms with van der Waals surface area (Å²) >= 11 is 0. The molecule has 0 atom stereocenters. The highest BCUT2D eigenvalue weighted by atomic mass is 16.5. The summed E-state index contributed by atoms with van der Waals surface area (Å²) in [5.74, 6) is -0.204. The van der Waals surface area contributed by atoms with Gasteiger partial charge in [-0.05, 0) is 0 Å². The van der Waals surface area contributed by atoms with Crippen molar-refractivity contribution < 1.29 is 23.7 Å². The fraction of sp³-hybridized carbons (Fsp3) is 0.909. The molecular weight excluding hydrogens is 226 g/mol. The Bertz CT molecular complexity index is 177. The van der Waals surface area contributed by atoms with Crippen LogP contribution in [0.3, 0.4) is 0 Å². The normalized spacial score (nSPS) is 10.5. The average Bonchev–Trinajstić information content (AvgIpc) is 2.35. The zero-order valence-electron chi connectivity index (χ0n) is 10.7. The first kappa shape index (κ1) is 16.3. The molecule has 0 aromatic heterocycles. The summed E-state index contributed by atoms with van der Waals surface area (Å²) in [5, 5.41) is 3.08. The van der Waals surface area contributed by atoms with Crippen LogP contribution < -0.4 is 5.32 Å². The van der Waals surface area contributed by atoms with Gasteiger partial charge in [0.05, 0.1) is 46.6 Å². The number of hydrogen-bond acceptors (Lipinski definition) is 6. The number of esters is 1. The largest absolute Gasteiger partial charge is 0.469 e. The Morgan fingerprint density at radius 3 is 2.24 bits per heavy atom. The predicted octanol–water partition coefficient (Wildman–Crippen LogP) is -0.181. The van der Waals surface area contributed by atoms with Crippen LogP contribution in [0.2, 0.25) is 0 Å². The quantitative estimate of drug-likeness (QED) is 0.382. The third-order valence-corrected chi connectivity index (χ3v) is 1.96. The van der Waals surface area contributed by atoms with Gasteiger partial charge in [0.1, 0.15) is 0 Å². The highest BCUT2D eigenvalue weighted by molar-refractivity contribution is 5.69. The number of ether oxygens (including phenoxy) is 4. The first-order valence-electron chi connectivity index (χ1n) is 5.73. The van der Waals surface area contributed by atoms with Gasteiger partial charge in [-0.1, -0.05) is 0 Å². The summed E-state index contributed by atoms with van der Waals surface area (Å²) in [6, 6.07) is 0. The maximum absolute atomic E-state index is 10.8. The van der Waals surface area contributed by atoms with Gasteiger partial charge in [-0.25, -0.2) is 0 Å². The van der Waals surface area contributed by atoms with Crippen molar-refractivity contribution in [2.45, 2.75) is 6.42 Å². The molecule has 1 N–H and O–H groups in total. The van der Waals surface area contributed by atoms with Gasteiger partial charge in [0.15, 0.2) is 0 Å². The van der Waals surface area contributed by atoms with E-state index in [1.165, 1.54) is 7.11 Å². The highest BCUT2D eigenvalue weighted by Crippen LogP contribution is 1.82. The van der Waals surface area contributed by atoms with Crippen LogP contribution in [0.4, 0.5) is 0 Å². The van der Waals surface area contributed by atoms with Gasteiger partial charge in [-0.15, -0.1) is 0 Å². The van der Waals surface area contributed by atoms with E-state index < -0.39 is 0 Å². The van der Waals surface area contributed by atoms with E-state index in [1.54, 1.807) is 7.11 Å². The van der Waals surface area contributed by atoms with Crippen LogP contribution in [0.1, 0.15) is 6.42 Å². The van der Waals surface area contributed by atoms with Crippen LogP contribution >= 0.6 is 0 Å². The monoisotopic (exact) mass is 249 g/mol. The van der Waals surface area contributed by atoms with E-state index >= 15 is 0 Å². The summed E-state index contributed by atoms with van der Waals surface area (Å²) in [6.07, 6.45) is 0.386. The summed E-state index contributed by atoms with van der Waals surface area (Å²) in [4.78, 5) is 10.8. The molecule has 0 saturated carbocycles. The molecule has 0 aliphatic rings. The molecule has 0 radical (unpaired) electrons. The predicted molar refractivity (Wildman–Crippen MR) is 63.0 cm³/mol. The summed E-state index contributed by atoms with van der Waals surface area (Å²) < 4.78 is 19.9. The number of methoxy groups -OCH3 is 2. The lowest BCUT2D eigenvalue weighted by Crippen LogP contribution is -2.23. The molecule has 0 amide bonds. The molecule has 0 aliphatic heterocycles. The van der Waals surface area contributed by atoms with Crippen LogP contribution in [-0.2, 0) is 23.7 Å². The summed E-state index contributed by atoms with van der Waals surface area (Å²) in [6.45, 7) is 4.28. The standard InChI is InChI=1S/C11H23NO5/c1-14-7-8-17-10-9-16-6-5-12-4-3-11(13)15-2/h12H,3-10H2,1-2H3. The van der Waals surface area contributed by atoms with Gasteiger partial charge in [-0.2, -0.15) is 0 Å². The maximum atomic E-state index is 10.8. The lowest BCUT2D eigenvalue weighted by Gasteiger charge is -2.06. The Balaban J connectivity index is 2.96. The van der Waals surface area contributed by atoms with Crippen molar-refractivity contribution in [3.05, 3.63) is 0 Å². The number of rotatable bonds is 12. The molecule has 0 heterocycles. The van der Waals surface area contributed by atoms with Crippen LogP contribution in [-0.4, -0.2) is 66.3 Å². The smallest absolute Gasteiger partial charge is 0.306 e. The number of carbonyl (C=O) groups is 1. The third kappa shape index (κ3) is 13.2. The Kier molecular flexibility index (Phi) is 12.8. The minimum Gasteiger partial charge on any atom is -0.469 e. The summed E-state index contributed by atoms with van der Waals surface area (Å²) in [7, 11) is 3.02. The van der Waals surface area contributed by atoms with E-state index in [-0.39, 0.29) is 5.97 Å². The summed E-state index contributed by atoms with van der Waals surface area (Å²) in [5.41, 5.74) is 0. The van der Waals surface area contributed by atoms with E-state index in [0.29, 0.717) is 46.0 Å². The lowest BCUT2D eigenvalue weighted by molar-refractivity contribution is -0.140. The average molecular weight is 249 g/mol. The molecule has 0 fully saturated rings. The van der Waals surface area contributed by atoms with Crippen molar-refractivity contribution in [3.63, 3.8) is 0 Å². The number of hydrogen-bond donors (Lipinski definition) is 1. The zero-order chi connectivity index (χ0) is 12.8. The van der Waals surface area contributed by atoms with Gasteiger partial charge >= 0.3 is 5.97 Å². The second-order valence-corrected chi connectivity index (χ2v) is 3.29. The first-order valence-corrected chi connectivity index (χ1v) is 5.73. The van der Waals surface area contributed by atoms with Crippen molar-refractivity contribution >= 4 is 5.97 Å². The SMILES string of the molecule is COCCOCCOCCNCCC(=O)OC. The fourth-order valence-corrected chi connectivity index (χ4v) is 1.03. The van der Waals surface area contributed by atoms with E-state index in [2.05, 4.69) is 10.1 Å². The van der Waals surface area contributed by atoms with Gasteiger partial charge in [0, 0.05) is 20.2 Å². The second-order valence-electron chi connectivity index (χ2n) is 3.29. The van der Waals surface area contributed by atoms with Crippen LogP contribution in [0, 0.1) is 0 Å². The van der Waals surface area contributed by atoms with Crippen molar-refractivity contribution in [2.24, 2.45) is 0 Å². The molecule has 102 valence electrons. The molecular formula is C11H23NO5. The minimum atomic E-state index is -0.204. The van der Waals surface area contributed by atoms with Crippen LogP contribution in [0.15, 0.2) is 0 Å². The highest BCUT2D eigenvalue weighted by Gasteiger charge is 1.97. The zero-order valence-corrected chi connectivity index (χ0v) is 10.7. The Hall–Kier alpha value is -0.690. The molecule has 0 aromatic carbocycles. The van der Waals surface area contributed by atoms with Gasteiger partial charge in [0.25, 0.3) is 0 Å². The van der Waals surface area contributed by atoms with Gasteiger partial charge in [0.2, 0.25) is 0 Å². The van der Waals surface area contributed by atoms with Gasteiger partial charge in [-0.3, -0.25) is 4.79 Å². The Labute approximate surface area is 103 Å². The third-order valence-electron chi connectivity index (χ3n) is 1.96. The topological polar surface area (TPSA) is 66.0 Å². The molecule has 17 heavy (non-hydrogen) atoms. The molecule has 0 aromatic rings. The van der Waals surface area contributed by atoms with Crippen molar-refractivity contribution in [3.8, 4) is 0 Å². The minimum absolute atomic E-state index is 0.204. The number of carbonyl (C=O) groups excluding carboxylic acids is 1. The Morgan fingerprint density at radius 2 is 1.59 bits per heavy atom. The first-order chi connectivity index (χ1) is 8.31. The van der Waals surface area contributed by atoms with Crippen molar-refractivity contribution in [1.29, 1.82) is 0 Å². The van der Waals surface area contributed by atoms with Crippen LogP contribution in [0.25, 0.3) is 0 Å². The van der Waals surface area contributed by atoms with Crippen molar-refractivity contribution in [1.82, 2.24) is 5.32 Å². The number of nitrogens with one attached hydrogen (secondary N) is 1. The fourth-order valence-electron chi connectivity index (χ4n) is 1.03.